The predicted octanol–water partition coefficient (Wildman–Crippen LogP) is 7.57. The lowest BCUT2D eigenvalue weighted by molar-refractivity contribution is -0.151. The minimum Gasteiger partial charge on any atom is -0.490 e. The van der Waals surface area contributed by atoms with E-state index in [9.17, 15) is 18.4 Å². The number of likely N-dealkylation sites (tertiary alicyclic amines) is 1. The van der Waals surface area contributed by atoms with Crippen molar-refractivity contribution < 1.29 is 36.6 Å². The zero-order chi connectivity index (χ0) is 37.4. The Balaban J connectivity index is 1.07. The monoisotopic (exact) mass is 739 g/mol. The summed E-state index contributed by atoms with van der Waals surface area (Å²) in [5, 5.41) is 3.73. The van der Waals surface area contributed by atoms with Gasteiger partial charge in [-0.25, -0.2) is 18.7 Å². The minimum absolute atomic E-state index is 0.00343. The normalized spacial score (nSPS) is 31.3. The second kappa shape index (κ2) is 13.3. The molecule has 6 fully saturated rings. The summed E-state index contributed by atoms with van der Waals surface area (Å²) in [7, 11) is 1.61. The van der Waals surface area contributed by atoms with Crippen LogP contribution in [0.5, 0.6) is 5.75 Å². The summed E-state index contributed by atoms with van der Waals surface area (Å²) in [6.07, 6.45) is 10.7. The third-order valence-corrected chi connectivity index (χ3v) is 13.0. The molecule has 5 aliphatic carbocycles. The Labute approximate surface area is 307 Å². The van der Waals surface area contributed by atoms with Crippen LogP contribution in [0.4, 0.5) is 17.6 Å². The Morgan fingerprint density at radius 3 is 2.28 bits per heavy atom. The average Bonchev–Trinajstić information content (AvgIpc) is 3.47. The fourth-order valence-corrected chi connectivity index (χ4v) is 10.8. The number of carbonyl (C=O) groups excluding carboxylic acids is 2. The number of alkyl halides is 4. The number of ether oxygens (including phenoxy) is 2. The van der Waals surface area contributed by atoms with E-state index in [4.69, 9.17) is 9.47 Å². The van der Waals surface area contributed by atoms with Crippen molar-refractivity contribution in [3.05, 3.63) is 41.9 Å². The zero-order valence-corrected chi connectivity index (χ0v) is 30.8. The minimum atomic E-state index is -3.48. The highest BCUT2D eigenvalue weighted by atomic mass is 19.3. The van der Waals surface area contributed by atoms with E-state index in [-0.39, 0.29) is 60.3 Å². The number of carbonyl (C=O) groups is 2. The molecular weight excluding hydrogens is 690 g/mol. The molecule has 0 radical (unpaired) electrons. The van der Waals surface area contributed by atoms with Crippen LogP contribution in [-0.4, -0.2) is 81.5 Å². The van der Waals surface area contributed by atoms with E-state index < -0.39 is 29.0 Å². The maximum atomic E-state index is 15.4. The van der Waals surface area contributed by atoms with Crippen molar-refractivity contribution in [3.8, 4) is 17.1 Å². The molecule has 1 aromatic carbocycles. The predicted molar refractivity (Wildman–Crippen MR) is 190 cm³/mol. The van der Waals surface area contributed by atoms with Gasteiger partial charge >= 0.3 is 0 Å². The van der Waals surface area contributed by atoms with Gasteiger partial charge < -0.3 is 19.4 Å². The van der Waals surface area contributed by atoms with Gasteiger partial charge in [0.2, 0.25) is 0 Å². The molecule has 13 heteroatoms. The van der Waals surface area contributed by atoms with Crippen molar-refractivity contribution in [3.63, 3.8) is 0 Å². The Hall–Kier alpha value is -3.58. The molecule has 3 aromatic rings. The highest BCUT2D eigenvalue weighted by Gasteiger charge is 2.60. The summed E-state index contributed by atoms with van der Waals surface area (Å²) in [6, 6.07) is 5.62. The fourth-order valence-electron chi connectivity index (χ4n) is 10.8. The van der Waals surface area contributed by atoms with Gasteiger partial charge in [0.05, 0.1) is 42.9 Å². The number of methoxy groups -OCH3 is 1. The van der Waals surface area contributed by atoms with Crippen LogP contribution in [0.25, 0.3) is 22.3 Å². The van der Waals surface area contributed by atoms with Crippen molar-refractivity contribution in [1.82, 2.24) is 24.8 Å². The number of aromatic nitrogens is 3. The average molecular weight is 740 g/mol. The van der Waals surface area contributed by atoms with E-state index in [0.29, 0.717) is 29.8 Å². The SMILES string of the molecule is COC[C@@H](C)n1cc(-c2ncc(C(=O)NC3(C(C)=O)C4CC5CC(C4)CC3C5)c(C(C)(F)F)n2)c2ccc(OC3CCC(N4CC(F)(F)C4)CC3)cc21. The Morgan fingerprint density at radius 2 is 1.70 bits per heavy atom. The lowest BCUT2D eigenvalue weighted by Crippen LogP contribution is -2.69. The van der Waals surface area contributed by atoms with Gasteiger partial charge in [0, 0.05) is 49.5 Å². The molecule has 1 aliphatic heterocycles. The number of hydrogen-bond acceptors (Lipinski definition) is 7. The van der Waals surface area contributed by atoms with Gasteiger partial charge in [-0.2, -0.15) is 8.78 Å². The summed E-state index contributed by atoms with van der Waals surface area (Å²) in [5.74, 6) is -5.14. The molecule has 4 bridgehead atoms. The number of nitrogens with zero attached hydrogens (tertiary/aromatic N) is 4. The molecule has 2 aromatic heterocycles. The summed E-state index contributed by atoms with van der Waals surface area (Å²) in [5.41, 5.74) is -0.801. The van der Waals surface area contributed by atoms with Crippen molar-refractivity contribution in [2.75, 3.05) is 26.8 Å². The Morgan fingerprint density at radius 1 is 1.04 bits per heavy atom. The number of nitrogens with one attached hydrogen (secondary N) is 1. The molecule has 9 nitrogen and oxygen atoms in total. The maximum absolute atomic E-state index is 15.4. The lowest BCUT2D eigenvalue weighted by Gasteiger charge is -2.60. The molecule has 1 saturated heterocycles. The molecule has 1 amide bonds. The molecule has 9 rings (SSSR count). The van der Waals surface area contributed by atoms with Gasteiger partial charge in [-0.05, 0) is 107 Å². The van der Waals surface area contributed by atoms with Crippen LogP contribution in [0, 0.1) is 23.7 Å². The molecule has 53 heavy (non-hydrogen) atoms. The molecule has 0 spiro atoms. The molecule has 286 valence electrons. The zero-order valence-electron chi connectivity index (χ0n) is 30.8. The van der Waals surface area contributed by atoms with Gasteiger partial charge in [0.25, 0.3) is 17.8 Å². The van der Waals surface area contributed by atoms with Crippen LogP contribution in [0.15, 0.2) is 30.6 Å². The van der Waals surface area contributed by atoms with Crippen LogP contribution < -0.4 is 10.1 Å². The van der Waals surface area contributed by atoms with Gasteiger partial charge in [-0.15, -0.1) is 0 Å². The molecule has 0 unspecified atom stereocenters. The highest BCUT2D eigenvalue weighted by molar-refractivity contribution is 6.01. The first-order valence-corrected chi connectivity index (χ1v) is 19.2. The summed E-state index contributed by atoms with van der Waals surface area (Å²) in [6.45, 7) is 4.26. The van der Waals surface area contributed by atoms with Gasteiger partial charge in [-0.1, -0.05) is 0 Å². The first-order chi connectivity index (χ1) is 25.1. The Kier molecular flexibility index (Phi) is 9.15. The second-order valence-electron chi connectivity index (χ2n) is 16.8. The van der Waals surface area contributed by atoms with E-state index in [0.717, 1.165) is 69.2 Å². The van der Waals surface area contributed by atoms with Crippen LogP contribution in [0.1, 0.15) is 101 Å². The van der Waals surface area contributed by atoms with Gasteiger partial charge in [-0.3, -0.25) is 14.5 Å². The summed E-state index contributed by atoms with van der Waals surface area (Å²) >= 11 is 0. The first-order valence-electron chi connectivity index (χ1n) is 19.2. The van der Waals surface area contributed by atoms with E-state index in [1.807, 2.05) is 40.8 Å². The Bertz CT molecular complexity index is 1870. The number of benzene rings is 1. The summed E-state index contributed by atoms with van der Waals surface area (Å²) in [4.78, 5) is 38.1. The largest absolute Gasteiger partial charge is 0.490 e. The van der Waals surface area contributed by atoms with E-state index in [1.54, 1.807) is 7.11 Å². The third-order valence-electron chi connectivity index (χ3n) is 13.0. The smallest absolute Gasteiger partial charge is 0.287 e. The van der Waals surface area contributed by atoms with E-state index >= 15 is 8.78 Å². The number of fused-ring (bicyclic) bond motifs is 1. The molecular formula is C40H49F4N5O4. The van der Waals surface area contributed by atoms with Gasteiger partial charge in [0.15, 0.2) is 11.6 Å². The van der Waals surface area contributed by atoms with E-state index in [2.05, 4.69) is 15.3 Å². The van der Waals surface area contributed by atoms with E-state index in [1.165, 1.54) is 19.5 Å². The quantitative estimate of drug-likeness (QED) is 0.203. The number of hydrogen-bond donors (Lipinski definition) is 1. The number of amides is 1. The lowest BCUT2D eigenvalue weighted by atomic mass is 9.47. The molecule has 6 aliphatic rings. The van der Waals surface area contributed by atoms with Crippen molar-refractivity contribution in [2.45, 2.75) is 114 Å². The van der Waals surface area contributed by atoms with Crippen LogP contribution in [-0.2, 0) is 15.5 Å². The number of rotatable bonds is 11. The second-order valence-corrected chi connectivity index (χ2v) is 16.8. The highest BCUT2D eigenvalue weighted by Crippen LogP contribution is 2.58. The van der Waals surface area contributed by atoms with Crippen LogP contribution >= 0.6 is 0 Å². The number of ketones is 1. The van der Waals surface area contributed by atoms with Crippen molar-refractivity contribution >= 4 is 22.6 Å². The molecule has 1 atom stereocenters. The summed E-state index contributed by atoms with van der Waals surface area (Å²) < 4.78 is 71.6. The molecule has 1 N–H and O–H groups in total. The fraction of sp³-hybridized carbons (Fsp3) is 0.650. The standard InChI is InChI=1S/C40H49F4N5O4/c1-22(19-52-4)49-18-33(31-10-9-30(16-34(31)49)53-29-7-5-28(6-8-29)48-20-39(43,44)21-48)36-45-17-32(35(46-36)38(3,41)42)37(51)47-40(23(2)50)26-12-24-11-25(14-26)15-27(40)13-24/h9-10,16-18,22,24-29H,5-8,11-15,19-21H2,1-4H3,(H,47,51)/t22-,24?,25?,26?,27?,28?,29?,40?/m1/s1. The van der Waals surface area contributed by atoms with Crippen molar-refractivity contribution in [2.24, 2.45) is 23.7 Å². The molecule has 5 saturated carbocycles. The van der Waals surface area contributed by atoms with Crippen LogP contribution in [0.3, 0.4) is 0 Å². The third kappa shape index (κ3) is 6.53. The molecule has 3 heterocycles. The maximum Gasteiger partial charge on any atom is 0.287 e. The van der Waals surface area contributed by atoms with Crippen molar-refractivity contribution in [1.29, 1.82) is 0 Å². The first kappa shape index (κ1) is 36.4. The number of halogens is 4. The van der Waals surface area contributed by atoms with Crippen LogP contribution in [0.2, 0.25) is 0 Å². The van der Waals surface area contributed by atoms with Gasteiger partial charge in [0.1, 0.15) is 17.0 Å². The topological polar surface area (TPSA) is 98.6 Å². The number of Topliss-reactive ketones (excluding diaryl/α,β-unsaturated/α-hetero) is 1.